The van der Waals surface area contributed by atoms with Crippen molar-refractivity contribution in [2.24, 2.45) is 5.73 Å². The molecule has 0 aromatic carbocycles. The standard InChI is InChI=1S/C9H13N3O3/c1-4-2-3-5(10)6(12-4)7(13)8(14)9(11)15/h2-3,7-8,13-14H,10H2,1H3,(H2,11,15). The zero-order valence-electron chi connectivity index (χ0n) is 8.21. The first-order valence-electron chi connectivity index (χ1n) is 4.32. The smallest absolute Gasteiger partial charge is 0.249 e. The maximum absolute atomic E-state index is 10.7. The topological polar surface area (TPSA) is 122 Å². The van der Waals surface area contributed by atoms with E-state index in [1.807, 2.05) is 0 Å². The normalized spacial score (nSPS) is 14.6. The van der Waals surface area contributed by atoms with E-state index < -0.39 is 18.1 Å². The second kappa shape index (κ2) is 4.24. The Morgan fingerprint density at radius 2 is 2.07 bits per heavy atom. The van der Waals surface area contributed by atoms with E-state index in [2.05, 4.69) is 4.98 Å². The molecule has 0 radical (unpaired) electrons. The van der Waals surface area contributed by atoms with Gasteiger partial charge in [-0.15, -0.1) is 0 Å². The number of anilines is 1. The maximum atomic E-state index is 10.7. The van der Waals surface area contributed by atoms with Crippen molar-refractivity contribution in [2.75, 3.05) is 5.73 Å². The molecule has 1 amide bonds. The lowest BCUT2D eigenvalue weighted by Gasteiger charge is -2.16. The third-order valence-electron chi connectivity index (χ3n) is 1.97. The van der Waals surface area contributed by atoms with Gasteiger partial charge in [0, 0.05) is 5.69 Å². The van der Waals surface area contributed by atoms with Crippen LogP contribution in [0.15, 0.2) is 12.1 Å². The summed E-state index contributed by atoms with van der Waals surface area (Å²) in [6.07, 6.45) is -3.20. The average molecular weight is 211 g/mol. The molecule has 82 valence electrons. The first-order valence-corrected chi connectivity index (χ1v) is 4.32. The van der Waals surface area contributed by atoms with Gasteiger partial charge in [-0.2, -0.15) is 0 Å². The van der Waals surface area contributed by atoms with Gasteiger partial charge in [-0.25, -0.2) is 0 Å². The van der Waals surface area contributed by atoms with Crippen molar-refractivity contribution in [1.29, 1.82) is 0 Å². The van der Waals surface area contributed by atoms with Crippen LogP contribution in [0.1, 0.15) is 17.5 Å². The van der Waals surface area contributed by atoms with E-state index in [0.29, 0.717) is 5.69 Å². The minimum Gasteiger partial charge on any atom is -0.397 e. The Labute approximate surface area is 86.5 Å². The van der Waals surface area contributed by atoms with Crippen LogP contribution in [0.25, 0.3) is 0 Å². The summed E-state index contributed by atoms with van der Waals surface area (Å²) in [5.41, 5.74) is 11.3. The number of nitrogens with two attached hydrogens (primary N) is 2. The van der Waals surface area contributed by atoms with Crippen LogP contribution in [0.5, 0.6) is 0 Å². The number of aliphatic hydroxyl groups is 2. The number of pyridine rings is 1. The van der Waals surface area contributed by atoms with E-state index in [4.69, 9.17) is 11.5 Å². The predicted octanol–water partition coefficient (Wildman–Crippen LogP) is -1.15. The summed E-state index contributed by atoms with van der Waals surface area (Å²) in [6.45, 7) is 1.70. The Hall–Kier alpha value is -1.66. The lowest BCUT2D eigenvalue weighted by molar-refractivity contribution is -0.132. The Morgan fingerprint density at radius 3 is 2.60 bits per heavy atom. The molecule has 1 heterocycles. The van der Waals surface area contributed by atoms with Gasteiger partial charge in [0.25, 0.3) is 0 Å². The molecule has 6 N–H and O–H groups in total. The summed E-state index contributed by atoms with van der Waals surface area (Å²) < 4.78 is 0. The summed E-state index contributed by atoms with van der Waals surface area (Å²) in [6, 6.07) is 3.19. The number of rotatable bonds is 3. The molecule has 15 heavy (non-hydrogen) atoms. The van der Waals surface area contributed by atoms with Gasteiger partial charge < -0.3 is 21.7 Å². The number of hydrogen-bond acceptors (Lipinski definition) is 5. The molecule has 1 aromatic heterocycles. The maximum Gasteiger partial charge on any atom is 0.249 e. The third kappa shape index (κ3) is 2.42. The minimum atomic E-state index is -1.71. The monoisotopic (exact) mass is 211 g/mol. The van der Waals surface area contributed by atoms with E-state index in [1.54, 1.807) is 13.0 Å². The Kier molecular flexibility index (Phi) is 3.23. The molecule has 0 aliphatic rings. The number of hydrogen-bond donors (Lipinski definition) is 4. The second-order valence-corrected chi connectivity index (χ2v) is 3.22. The predicted molar refractivity (Wildman–Crippen MR) is 53.5 cm³/mol. The number of aromatic nitrogens is 1. The van der Waals surface area contributed by atoms with Gasteiger partial charge in [-0.1, -0.05) is 0 Å². The van der Waals surface area contributed by atoms with Crippen molar-refractivity contribution in [2.45, 2.75) is 19.1 Å². The van der Waals surface area contributed by atoms with Crippen LogP contribution in [-0.4, -0.2) is 27.2 Å². The third-order valence-corrected chi connectivity index (χ3v) is 1.97. The van der Waals surface area contributed by atoms with Crippen LogP contribution in [0.3, 0.4) is 0 Å². The average Bonchev–Trinajstić information content (AvgIpc) is 2.19. The molecule has 0 aliphatic carbocycles. The molecular formula is C9H13N3O3. The second-order valence-electron chi connectivity index (χ2n) is 3.22. The highest BCUT2D eigenvalue weighted by molar-refractivity contribution is 5.79. The van der Waals surface area contributed by atoms with Gasteiger partial charge in [-0.3, -0.25) is 9.78 Å². The quantitative estimate of drug-likeness (QED) is 0.503. The first-order chi connectivity index (χ1) is 6.93. The molecule has 0 bridgehead atoms. The summed E-state index contributed by atoms with van der Waals surface area (Å²) in [4.78, 5) is 14.6. The SMILES string of the molecule is Cc1ccc(N)c(C(O)C(O)C(N)=O)n1. The highest BCUT2D eigenvalue weighted by atomic mass is 16.3. The lowest BCUT2D eigenvalue weighted by Crippen LogP contribution is -2.34. The number of carbonyl (C=O) groups is 1. The van der Waals surface area contributed by atoms with Crippen molar-refractivity contribution in [3.05, 3.63) is 23.5 Å². The van der Waals surface area contributed by atoms with E-state index in [0.717, 1.165) is 0 Å². The van der Waals surface area contributed by atoms with Crippen molar-refractivity contribution in [3.8, 4) is 0 Å². The number of amides is 1. The Balaban J connectivity index is 3.04. The number of primary amides is 1. The summed E-state index contributed by atoms with van der Waals surface area (Å²) in [5, 5.41) is 18.8. The number of nitrogens with zero attached hydrogens (tertiary/aromatic N) is 1. The van der Waals surface area contributed by atoms with Gasteiger partial charge in [0.05, 0.1) is 11.4 Å². The molecule has 6 heteroatoms. The van der Waals surface area contributed by atoms with Gasteiger partial charge >= 0.3 is 0 Å². The van der Waals surface area contributed by atoms with E-state index in [9.17, 15) is 15.0 Å². The minimum absolute atomic E-state index is 0.0568. The molecule has 0 saturated carbocycles. The highest BCUT2D eigenvalue weighted by Gasteiger charge is 2.26. The molecule has 0 fully saturated rings. The Morgan fingerprint density at radius 1 is 1.47 bits per heavy atom. The van der Waals surface area contributed by atoms with E-state index in [-0.39, 0.29) is 11.4 Å². The number of aryl methyl sites for hydroxylation is 1. The van der Waals surface area contributed by atoms with Crippen LogP contribution >= 0.6 is 0 Å². The van der Waals surface area contributed by atoms with Crippen LogP contribution in [0.4, 0.5) is 5.69 Å². The summed E-state index contributed by atoms with van der Waals surface area (Å²) in [7, 11) is 0. The highest BCUT2D eigenvalue weighted by Crippen LogP contribution is 2.21. The fourth-order valence-corrected chi connectivity index (χ4v) is 1.13. The zero-order chi connectivity index (χ0) is 11.6. The van der Waals surface area contributed by atoms with Gasteiger partial charge in [0.15, 0.2) is 6.10 Å². The molecule has 0 saturated heterocycles. The largest absolute Gasteiger partial charge is 0.397 e. The van der Waals surface area contributed by atoms with Gasteiger partial charge in [0.1, 0.15) is 6.10 Å². The molecule has 2 atom stereocenters. The molecule has 0 spiro atoms. The van der Waals surface area contributed by atoms with Crippen LogP contribution in [0.2, 0.25) is 0 Å². The number of aliphatic hydroxyl groups excluding tert-OH is 2. The summed E-state index contributed by atoms with van der Waals surface area (Å²) in [5.74, 6) is -1.02. The fourth-order valence-electron chi connectivity index (χ4n) is 1.13. The zero-order valence-corrected chi connectivity index (χ0v) is 8.21. The molecule has 2 unspecified atom stereocenters. The molecule has 6 nitrogen and oxygen atoms in total. The first kappa shape index (κ1) is 11.4. The van der Waals surface area contributed by atoms with Crippen molar-refractivity contribution in [3.63, 3.8) is 0 Å². The van der Waals surface area contributed by atoms with Crippen molar-refractivity contribution >= 4 is 11.6 Å². The Bertz CT molecular complexity index is 381. The van der Waals surface area contributed by atoms with E-state index >= 15 is 0 Å². The van der Waals surface area contributed by atoms with Gasteiger partial charge in [0.2, 0.25) is 5.91 Å². The molecular weight excluding hydrogens is 198 g/mol. The number of nitrogen functional groups attached to an aromatic ring is 1. The number of carbonyl (C=O) groups excluding carboxylic acids is 1. The van der Waals surface area contributed by atoms with Gasteiger partial charge in [-0.05, 0) is 19.1 Å². The van der Waals surface area contributed by atoms with Crippen LogP contribution in [0, 0.1) is 6.92 Å². The molecule has 1 rings (SSSR count). The summed E-state index contributed by atoms with van der Waals surface area (Å²) >= 11 is 0. The van der Waals surface area contributed by atoms with Crippen LogP contribution in [-0.2, 0) is 4.79 Å². The van der Waals surface area contributed by atoms with Crippen LogP contribution < -0.4 is 11.5 Å². The molecule has 1 aromatic rings. The van der Waals surface area contributed by atoms with Crippen molar-refractivity contribution < 1.29 is 15.0 Å². The lowest BCUT2D eigenvalue weighted by atomic mass is 10.1. The fraction of sp³-hybridized carbons (Fsp3) is 0.333. The van der Waals surface area contributed by atoms with Crippen molar-refractivity contribution in [1.82, 2.24) is 4.98 Å². The van der Waals surface area contributed by atoms with E-state index in [1.165, 1.54) is 6.07 Å². The molecule has 0 aliphatic heterocycles.